The van der Waals surface area contributed by atoms with Gasteiger partial charge in [0.1, 0.15) is 0 Å². The molecule has 0 spiro atoms. The summed E-state index contributed by atoms with van der Waals surface area (Å²) >= 11 is 5.78. The summed E-state index contributed by atoms with van der Waals surface area (Å²) in [4.78, 5) is 11.8. The van der Waals surface area contributed by atoms with Crippen molar-refractivity contribution in [3.8, 4) is 0 Å². The van der Waals surface area contributed by atoms with Crippen LogP contribution in [0.15, 0.2) is 24.3 Å². The number of benzene rings is 1. The highest BCUT2D eigenvalue weighted by Crippen LogP contribution is 2.17. The molecule has 0 amide bonds. The lowest BCUT2D eigenvalue weighted by atomic mass is 9.98. The molecule has 0 bridgehead atoms. The van der Waals surface area contributed by atoms with Crippen molar-refractivity contribution in [3.05, 3.63) is 34.9 Å². The van der Waals surface area contributed by atoms with Gasteiger partial charge in [0.15, 0.2) is 5.78 Å². The first-order chi connectivity index (χ1) is 7.75. The first-order valence-corrected chi connectivity index (χ1v) is 6.13. The van der Waals surface area contributed by atoms with Crippen LogP contribution in [0.2, 0.25) is 5.02 Å². The van der Waals surface area contributed by atoms with Gasteiger partial charge >= 0.3 is 0 Å². The molecular weight excluding hydrogens is 222 g/mol. The minimum Gasteiger partial charge on any atom is -0.316 e. The third-order valence-corrected chi connectivity index (χ3v) is 3.36. The van der Waals surface area contributed by atoms with Gasteiger partial charge < -0.3 is 5.32 Å². The zero-order valence-corrected chi connectivity index (χ0v) is 9.96. The Morgan fingerprint density at radius 2 is 2.12 bits per heavy atom. The highest BCUT2D eigenvalue weighted by atomic mass is 35.5. The number of ketones is 1. The second-order valence-electron chi connectivity index (χ2n) is 4.33. The van der Waals surface area contributed by atoms with E-state index in [9.17, 15) is 4.79 Å². The fourth-order valence-corrected chi connectivity index (χ4v) is 2.20. The number of hydrogen-bond acceptors (Lipinski definition) is 2. The second kappa shape index (κ2) is 5.46. The van der Waals surface area contributed by atoms with Crippen LogP contribution in [-0.2, 0) is 0 Å². The molecule has 2 rings (SSSR count). The van der Waals surface area contributed by atoms with Crippen LogP contribution in [0, 0.1) is 5.92 Å². The maximum absolute atomic E-state index is 11.8. The van der Waals surface area contributed by atoms with Gasteiger partial charge in [-0.05, 0) is 56.1 Å². The Hall–Kier alpha value is -0.860. The van der Waals surface area contributed by atoms with Crippen molar-refractivity contribution in [1.29, 1.82) is 0 Å². The molecule has 0 aromatic heterocycles. The van der Waals surface area contributed by atoms with Crippen molar-refractivity contribution in [2.75, 3.05) is 13.1 Å². The number of rotatable bonds is 4. The summed E-state index contributed by atoms with van der Waals surface area (Å²) in [6, 6.07) is 7.15. The van der Waals surface area contributed by atoms with Crippen LogP contribution in [0.5, 0.6) is 0 Å². The van der Waals surface area contributed by atoms with E-state index < -0.39 is 0 Å². The lowest BCUT2D eigenvalue weighted by Gasteiger charge is -2.06. The first-order valence-electron chi connectivity index (χ1n) is 5.75. The van der Waals surface area contributed by atoms with Gasteiger partial charge in [-0.2, -0.15) is 0 Å². The molecule has 1 heterocycles. The lowest BCUT2D eigenvalue weighted by molar-refractivity contribution is 0.0974. The number of halogens is 1. The molecule has 1 saturated heterocycles. The van der Waals surface area contributed by atoms with Crippen LogP contribution in [-0.4, -0.2) is 18.9 Å². The smallest absolute Gasteiger partial charge is 0.162 e. The number of Topliss-reactive ketones (excluding diaryl/α,β-unsaturated/α-hetero) is 1. The summed E-state index contributed by atoms with van der Waals surface area (Å²) in [5, 5.41) is 3.99. The van der Waals surface area contributed by atoms with Gasteiger partial charge in [0, 0.05) is 17.0 Å². The average molecular weight is 238 g/mol. The minimum absolute atomic E-state index is 0.226. The number of hydrogen-bond donors (Lipinski definition) is 1. The molecule has 1 aliphatic rings. The van der Waals surface area contributed by atoms with Crippen molar-refractivity contribution in [1.82, 2.24) is 5.32 Å². The topological polar surface area (TPSA) is 29.1 Å². The highest BCUT2D eigenvalue weighted by Gasteiger charge is 2.16. The molecule has 2 nitrogen and oxygen atoms in total. The van der Waals surface area contributed by atoms with Gasteiger partial charge in [0.25, 0.3) is 0 Å². The molecule has 1 atom stereocenters. The summed E-state index contributed by atoms with van der Waals surface area (Å²) in [5.74, 6) is 0.903. The van der Waals surface area contributed by atoms with E-state index in [1.165, 1.54) is 6.42 Å². The molecule has 16 heavy (non-hydrogen) atoms. The van der Waals surface area contributed by atoms with Gasteiger partial charge in [-0.15, -0.1) is 0 Å². The van der Waals surface area contributed by atoms with Crippen LogP contribution in [0.3, 0.4) is 0 Å². The largest absolute Gasteiger partial charge is 0.316 e. The Morgan fingerprint density at radius 3 is 2.75 bits per heavy atom. The fraction of sp³-hybridized carbons (Fsp3) is 0.462. The number of nitrogens with one attached hydrogen (secondary N) is 1. The summed E-state index contributed by atoms with van der Waals surface area (Å²) in [6.07, 6.45) is 2.84. The maximum atomic E-state index is 11.8. The lowest BCUT2D eigenvalue weighted by Crippen LogP contribution is -2.10. The molecule has 1 aromatic carbocycles. The Balaban J connectivity index is 1.85. The molecule has 0 saturated carbocycles. The summed E-state index contributed by atoms with van der Waals surface area (Å²) in [7, 11) is 0. The van der Waals surface area contributed by atoms with Gasteiger partial charge in [-0.1, -0.05) is 11.6 Å². The van der Waals surface area contributed by atoms with E-state index in [4.69, 9.17) is 11.6 Å². The highest BCUT2D eigenvalue weighted by molar-refractivity contribution is 6.30. The van der Waals surface area contributed by atoms with Gasteiger partial charge in [0.05, 0.1) is 0 Å². The van der Waals surface area contributed by atoms with Crippen molar-refractivity contribution in [3.63, 3.8) is 0 Å². The molecule has 86 valence electrons. The molecule has 1 unspecified atom stereocenters. The monoisotopic (exact) mass is 237 g/mol. The molecule has 1 aromatic rings. The van der Waals surface area contributed by atoms with E-state index >= 15 is 0 Å². The quantitative estimate of drug-likeness (QED) is 0.816. The SMILES string of the molecule is O=C(CCC1CCNC1)c1ccc(Cl)cc1. The van der Waals surface area contributed by atoms with Crippen LogP contribution >= 0.6 is 11.6 Å². The summed E-state index contributed by atoms with van der Waals surface area (Å²) < 4.78 is 0. The minimum atomic E-state index is 0.226. The Bertz CT molecular complexity index is 355. The summed E-state index contributed by atoms with van der Waals surface area (Å²) in [6.45, 7) is 2.16. The average Bonchev–Trinajstić information content (AvgIpc) is 2.80. The van der Waals surface area contributed by atoms with Crippen molar-refractivity contribution >= 4 is 17.4 Å². The molecule has 0 radical (unpaired) electrons. The number of carbonyl (C=O) groups excluding carboxylic acids is 1. The maximum Gasteiger partial charge on any atom is 0.162 e. The molecular formula is C13H16ClNO. The van der Waals surface area contributed by atoms with Crippen LogP contribution in [0.1, 0.15) is 29.6 Å². The van der Waals surface area contributed by atoms with Crippen molar-refractivity contribution in [2.45, 2.75) is 19.3 Å². The predicted molar refractivity (Wildman–Crippen MR) is 66.0 cm³/mol. The molecule has 1 aliphatic heterocycles. The second-order valence-corrected chi connectivity index (χ2v) is 4.76. The normalized spacial score (nSPS) is 19.9. The van der Waals surface area contributed by atoms with Crippen LogP contribution < -0.4 is 5.32 Å². The van der Waals surface area contributed by atoms with Crippen molar-refractivity contribution in [2.24, 2.45) is 5.92 Å². The third kappa shape index (κ3) is 3.06. The fourth-order valence-electron chi connectivity index (χ4n) is 2.08. The van der Waals surface area contributed by atoms with E-state index in [1.807, 2.05) is 0 Å². The summed E-state index contributed by atoms with van der Waals surface area (Å²) in [5.41, 5.74) is 0.773. The van der Waals surface area contributed by atoms with Crippen molar-refractivity contribution < 1.29 is 4.79 Å². The van der Waals surface area contributed by atoms with E-state index in [2.05, 4.69) is 5.32 Å². The molecule has 1 fully saturated rings. The standard InChI is InChI=1S/C13H16ClNO/c14-12-4-2-11(3-5-12)13(16)6-1-10-7-8-15-9-10/h2-5,10,15H,1,6-9H2. The van der Waals surface area contributed by atoms with E-state index in [0.717, 1.165) is 25.1 Å². The van der Waals surface area contributed by atoms with E-state index in [-0.39, 0.29) is 5.78 Å². The van der Waals surface area contributed by atoms with Gasteiger partial charge in [-0.3, -0.25) is 4.79 Å². The predicted octanol–water partition coefficient (Wildman–Crippen LogP) is 2.91. The van der Waals surface area contributed by atoms with Gasteiger partial charge in [-0.25, -0.2) is 0 Å². The van der Waals surface area contributed by atoms with Gasteiger partial charge in [0.2, 0.25) is 0 Å². The van der Waals surface area contributed by atoms with E-state index in [1.54, 1.807) is 24.3 Å². The first kappa shape index (κ1) is 11.6. The Kier molecular flexibility index (Phi) is 3.97. The van der Waals surface area contributed by atoms with Crippen LogP contribution in [0.4, 0.5) is 0 Å². The molecule has 1 N–H and O–H groups in total. The zero-order chi connectivity index (χ0) is 11.4. The Labute approximate surface area is 101 Å². The Morgan fingerprint density at radius 1 is 1.38 bits per heavy atom. The zero-order valence-electron chi connectivity index (χ0n) is 9.21. The third-order valence-electron chi connectivity index (χ3n) is 3.11. The number of carbonyl (C=O) groups is 1. The van der Waals surface area contributed by atoms with Crippen LogP contribution in [0.25, 0.3) is 0 Å². The van der Waals surface area contributed by atoms with E-state index in [0.29, 0.717) is 17.4 Å². The molecule has 0 aliphatic carbocycles. The molecule has 3 heteroatoms.